The number of carbonyl (C=O) groups excluding carboxylic acids is 2. The van der Waals surface area contributed by atoms with E-state index in [2.05, 4.69) is 101 Å². The lowest BCUT2D eigenvalue weighted by atomic mass is 10.0. The lowest BCUT2D eigenvalue weighted by Crippen LogP contribution is -2.19. The Balaban J connectivity index is 0.982. The van der Waals surface area contributed by atoms with Crippen molar-refractivity contribution >= 4 is 88.8 Å². The van der Waals surface area contributed by atoms with Gasteiger partial charge in [0.25, 0.3) is 0 Å². The molecule has 2 atom stereocenters. The van der Waals surface area contributed by atoms with E-state index in [9.17, 15) is 9.59 Å². The van der Waals surface area contributed by atoms with Crippen LogP contribution < -0.4 is 9.80 Å². The predicted molar refractivity (Wildman–Crippen MR) is 219 cm³/mol. The minimum Gasteiger partial charge on any atom is -0.449 e. The molecule has 0 amide bonds. The summed E-state index contributed by atoms with van der Waals surface area (Å²) < 4.78 is 14.0. The average molecular weight is 741 g/mol. The first-order chi connectivity index (χ1) is 26.6. The van der Waals surface area contributed by atoms with Crippen LogP contribution in [0.15, 0.2) is 169 Å². The van der Waals surface area contributed by atoms with Gasteiger partial charge in [-0.25, -0.2) is 4.79 Å². The van der Waals surface area contributed by atoms with Crippen LogP contribution in [0, 0.1) is 0 Å². The van der Waals surface area contributed by atoms with Crippen molar-refractivity contribution in [2.75, 3.05) is 9.80 Å². The Morgan fingerprint density at radius 2 is 1.19 bits per heavy atom. The highest BCUT2D eigenvalue weighted by molar-refractivity contribution is 7.20. The van der Waals surface area contributed by atoms with Gasteiger partial charge in [0.2, 0.25) is 0 Å². The van der Waals surface area contributed by atoms with Crippen molar-refractivity contribution in [3.63, 3.8) is 0 Å². The van der Waals surface area contributed by atoms with Crippen LogP contribution in [0.1, 0.15) is 28.5 Å². The molecule has 5 aromatic carbocycles. The summed E-state index contributed by atoms with van der Waals surface area (Å²) in [6, 6.07) is 47.5. The number of hydrogen-bond donors (Lipinski definition) is 0. The van der Waals surface area contributed by atoms with Gasteiger partial charge in [-0.05, 0) is 102 Å². The van der Waals surface area contributed by atoms with Gasteiger partial charge in [-0.3, -0.25) is 4.79 Å². The van der Waals surface area contributed by atoms with Crippen LogP contribution in [0.4, 0.5) is 28.4 Å². The van der Waals surface area contributed by atoms with Crippen LogP contribution in [0.5, 0.6) is 0 Å². The van der Waals surface area contributed by atoms with E-state index in [-0.39, 0.29) is 0 Å². The summed E-state index contributed by atoms with van der Waals surface area (Å²) in [6.45, 7) is 0. The van der Waals surface area contributed by atoms with E-state index in [1.807, 2.05) is 66.7 Å². The number of ether oxygens (including phenoxy) is 2. The molecule has 2 unspecified atom stereocenters. The summed E-state index contributed by atoms with van der Waals surface area (Å²) in [5, 5.41) is 2.02. The molecule has 1 fully saturated rings. The third-order valence-electron chi connectivity index (χ3n) is 10.1. The highest BCUT2D eigenvalue weighted by Crippen LogP contribution is 2.49. The largest absolute Gasteiger partial charge is 0.449 e. The van der Waals surface area contributed by atoms with Gasteiger partial charge in [-0.1, -0.05) is 78.9 Å². The number of nitrogens with zero attached hydrogens (tertiary/aromatic N) is 2. The van der Waals surface area contributed by atoms with Crippen LogP contribution in [0.3, 0.4) is 0 Å². The third kappa shape index (κ3) is 5.62. The van der Waals surface area contributed by atoms with E-state index in [1.54, 1.807) is 11.3 Å². The molecule has 1 saturated heterocycles. The molecule has 1 aliphatic carbocycles. The molecule has 6 nitrogen and oxygen atoms in total. The number of allylic oxidation sites excluding steroid dienone is 3. The zero-order valence-corrected chi connectivity index (χ0v) is 30.6. The summed E-state index contributed by atoms with van der Waals surface area (Å²) >= 11 is 3.04. The zero-order valence-electron chi connectivity index (χ0n) is 28.9. The van der Waals surface area contributed by atoms with Gasteiger partial charge < -0.3 is 19.3 Å². The number of para-hydroxylation sites is 3. The third-order valence-corrected chi connectivity index (χ3v) is 12.4. The molecule has 0 bridgehead atoms. The van der Waals surface area contributed by atoms with E-state index in [1.165, 1.54) is 11.3 Å². The van der Waals surface area contributed by atoms with E-state index in [0.717, 1.165) is 76.9 Å². The molecule has 2 aromatic heterocycles. The van der Waals surface area contributed by atoms with E-state index < -0.39 is 24.0 Å². The summed E-state index contributed by atoms with van der Waals surface area (Å²) in [7, 11) is 0. The summed E-state index contributed by atoms with van der Waals surface area (Å²) in [4.78, 5) is 33.2. The number of rotatable bonds is 8. The average Bonchev–Trinajstić information content (AvgIpc) is 3.97. The number of thiophene rings is 2. The Hall–Kier alpha value is -6.22. The lowest BCUT2D eigenvalue weighted by Gasteiger charge is -2.27. The predicted octanol–water partition coefficient (Wildman–Crippen LogP) is 11.9. The van der Waals surface area contributed by atoms with Crippen molar-refractivity contribution in [1.82, 2.24) is 0 Å². The van der Waals surface area contributed by atoms with Gasteiger partial charge in [0.05, 0.1) is 0 Å². The van der Waals surface area contributed by atoms with Crippen molar-refractivity contribution in [1.29, 1.82) is 0 Å². The first-order valence-electron chi connectivity index (χ1n) is 18.0. The van der Waals surface area contributed by atoms with Crippen molar-refractivity contribution in [2.24, 2.45) is 0 Å². The Morgan fingerprint density at radius 1 is 0.593 bits per heavy atom. The molecule has 8 heteroatoms. The number of benzene rings is 5. The normalized spacial score (nSPS) is 17.8. The maximum absolute atomic E-state index is 13.6. The SMILES string of the molecule is O=C1OC2C(=C1c1cc3ccc(N(c4ccccc4)c4ccccc4)cc3s1)OC(=O)C2c1cc2ccc(N(C3=CCCC=C3)c3ccccc3)cc2s1. The molecule has 0 spiro atoms. The molecule has 3 aliphatic rings. The second kappa shape index (κ2) is 13.3. The Kier molecular flexibility index (Phi) is 8.00. The first kappa shape index (κ1) is 32.4. The Labute approximate surface area is 320 Å². The van der Waals surface area contributed by atoms with Crippen LogP contribution in [0.2, 0.25) is 0 Å². The summed E-state index contributed by atoms with van der Waals surface area (Å²) in [6.07, 6.45) is 7.87. The monoisotopic (exact) mass is 740 g/mol. The quantitative estimate of drug-likeness (QED) is 0.145. The van der Waals surface area contributed by atoms with Crippen LogP contribution >= 0.6 is 22.7 Å². The molecule has 0 N–H and O–H groups in total. The van der Waals surface area contributed by atoms with Crippen molar-refractivity contribution in [3.05, 3.63) is 179 Å². The number of hydrogen-bond acceptors (Lipinski definition) is 8. The Bertz CT molecular complexity index is 2640. The number of anilines is 5. The second-order valence-electron chi connectivity index (χ2n) is 13.5. The standard InChI is InChI=1S/C46H32N2O4S2/c49-45-41(39-25-29-21-23-35(27-37(29)53-39)47(31-13-5-1-6-14-31)32-15-7-2-8-16-32)43-44(52-45)42(46(50)51-43)40-26-30-22-24-36(28-38(30)54-40)48(33-17-9-3-10-18-33)34-19-11-4-12-20-34/h1-3,5-11,13-28,42,44H,4,12H2. The first-order valence-corrected chi connectivity index (χ1v) is 19.6. The van der Waals surface area contributed by atoms with Gasteiger partial charge in [-0.15, -0.1) is 22.7 Å². The fourth-order valence-corrected chi connectivity index (χ4v) is 9.93. The molecule has 0 radical (unpaired) electrons. The summed E-state index contributed by atoms with van der Waals surface area (Å²) in [5.41, 5.74) is 6.65. The number of fused-ring (bicyclic) bond motifs is 3. The van der Waals surface area contributed by atoms with Crippen molar-refractivity contribution in [2.45, 2.75) is 24.9 Å². The molecular weight excluding hydrogens is 709 g/mol. The maximum Gasteiger partial charge on any atom is 0.343 e. The maximum atomic E-state index is 13.6. The minimum atomic E-state index is -0.807. The highest BCUT2D eigenvalue weighted by atomic mass is 32.1. The second-order valence-corrected chi connectivity index (χ2v) is 15.7. The molecule has 262 valence electrons. The highest BCUT2D eigenvalue weighted by Gasteiger charge is 2.53. The van der Waals surface area contributed by atoms with E-state index in [4.69, 9.17) is 9.47 Å². The van der Waals surface area contributed by atoms with Gasteiger partial charge in [0.1, 0.15) is 11.5 Å². The Morgan fingerprint density at radius 3 is 1.81 bits per heavy atom. The molecule has 54 heavy (non-hydrogen) atoms. The van der Waals surface area contributed by atoms with Gasteiger partial charge >= 0.3 is 11.9 Å². The zero-order chi connectivity index (χ0) is 36.2. The van der Waals surface area contributed by atoms with E-state index >= 15 is 0 Å². The van der Waals surface area contributed by atoms with Crippen LogP contribution in [-0.4, -0.2) is 18.0 Å². The molecule has 0 saturated carbocycles. The van der Waals surface area contributed by atoms with Crippen molar-refractivity contribution in [3.8, 4) is 0 Å². The molecule has 2 aliphatic heterocycles. The van der Waals surface area contributed by atoms with Crippen molar-refractivity contribution < 1.29 is 19.1 Å². The van der Waals surface area contributed by atoms with Crippen LogP contribution in [-0.2, 0) is 19.1 Å². The lowest BCUT2D eigenvalue weighted by molar-refractivity contribution is -0.140. The number of carbonyl (C=O) groups is 2. The molecular formula is C46H32N2O4S2. The molecule has 4 heterocycles. The van der Waals surface area contributed by atoms with Crippen LogP contribution in [0.25, 0.3) is 25.7 Å². The fraction of sp³-hybridized carbons (Fsp3) is 0.0870. The summed E-state index contributed by atoms with van der Waals surface area (Å²) in [5.74, 6) is -1.30. The van der Waals surface area contributed by atoms with Gasteiger partial charge in [0.15, 0.2) is 11.9 Å². The fourth-order valence-electron chi connectivity index (χ4n) is 7.59. The smallest absolute Gasteiger partial charge is 0.343 e. The molecule has 7 aromatic rings. The van der Waals surface area contributed by atoms with Gasteiger partial charge in [0, 0.05) is 53.3 Å². The molecule has 10 rings (SSSR count). The van der Waals surface area contributed by atoms with E-state index in [0.29, 0.717) is 11.3 Å². The minimum absolute atomic E-state index is 0.307. The topological polar surface area (TPSA) is 59.1 Å². The van der Waals surface area contributed by atoms with Gasteiger partial charge in [-0.2, -0.15) is 0 Å². The number of esters is 2.